The third kappa shape index (κ3) is 3.62. The quantitative estimate of drug-likeness (QED) is 0.472. The Morgan fingerprint density at radius 1 is 1.00 bits per heavy atom. The van der Waals surface area contributed by atoms with Crippen molar-refractivity contribution in [3.63, 3.8) is 0 Å². The van der Waals surface area contributed by atoms with Crippen molar-refractivity contribution in [2.45, 2.75) is 46.6 Å². The van der Waals surface area contributed by atoms with Gasteiger partial charge < -0.3 is 9.88 Å². The molecule has 4 aromatic rings. The van der Waals surface area contributed by atoms with E-state index in [-0.39, 0.29) is 11.5 Å². The lowest BCUT2D eigenvalue weighted by Crippen LogP contribution is -2.27. The molecule has 1 N–H and O–H groups in total. The van der Waals surface area contributed by atoms with Crippen LogP contribution >= 0.6 is 0 Å². The molecule has 0 aliphatic rings. The van der Waals surface area contributed by atoms with Gasteiger partial charge in [-0.05, 0) is 50.5 Å². The van der Waals surface area contributed by atoms with Crippen LogP contribution in [0.25, 0.3) is 16.5 Å². The molecular formula is C26H28N4O2. The topological polar surface area (TPSA) is 68.9 Å². The van der Waals surface area contributed by atoms with Gasteiger partial charge in [-0.3, -0.25) is 9.59 Å². The number of anilines is 1. The van der Waals surface area contributed by atoms with E-state index in [1.165, 1.54) is 4.68 Å². The number of aryl methyl sites for hydroxylation is 3. The van der Waals surface area contributed by atoms with Crippen molar-refractivity contribution >= 4 is 22.4 Å². The molecule has 1 amide bonds. The second kappa shape index (κ2) is 8.83. The zero-order valence-electron chi connectivity index (χ0n) is 18.9. The van der Waals surface area contributed by atoms with E-state index in [1.54, 1.807) is 6.20 Å². The van der Waals surface area contributed by atoms with Crippen LogP contribution in [0.5, 0.6) is 0 Å². The Hall–Kier alpha value is -3.67. The van der Waals surface area contributed by atoms with Gasteiger partial charge >= 0.3 is 0 Å². The van der Waals surface area contributed by atoms with Crippen LogP contribution in [0, 0.1) is 13.8 Å². The lowest BCUT2D eigenvalue weighted by molar-refractivity contribution is -0.119. The summed E-state index contributed by atoms with van der Waals surface area (Å²) in [6, 6.07) is 16.8. The van der Waals surface area contributed by atoms with Gasteiger partial charge in [-0.25, -0.2) is 0 Å². The Bertz CT molecular complexity index is 1340. The molecule has 4 rings (SSSR count). The van der Waals surface area contributed by atoms with E-state index >= 15 is 0 Å². The zero-order chi connectivity index (χ0) is 22.8. The highest BCUT2D eigenvalue weighted by atomic mass is 16.2. The first-order valence-corrected chi connectivity index (χ1v) is 11.0. The molecule has 0 spiro atoms. The SMILES string of the molecule is CCc1ccccc1NC(=O)[C@H](CC)n1c(C)c2cnn(-c3ccccc3)c(=O)c2c1C. The number of amides is 1. The van der Waals surface area contributed by atoms with Gasteiger partial charge in [0, 0.05) is 22.5 Å². The monoisotopic (exact) mass is 428 g/mol. The van der Waals surface area contributed by atoms with E-state index < -0.39 is 6.04 Å². The highest BCUT2D eigenvalue weighted by molar-refractivity contribution is 5.96. The fourth-order valence-electron chi connectivity index (χ4n) is 4.45. The number of hydrogen-bond donors (Lipinski definition) is 1. The van der Waals surface area contributed by atoms with Gasteiger partial charge in [-0.15, -0.1) is 0 Å². The normalized spacial score (nSPS) is 12.1. The number of carbonyl (C=O) groups excluding carboxylic acids is 1. The smallest absolute Gasteiger partial charge is 0.281 e. The largest absolute Gasteiger partial charge is 0.335 e. The van der Waals surface area contributed by atoms with Crippen LogP contribution in [-0.4, -0.2) is 20.3 Å². The van der Waals surface area contributed by atoms with Crippen molar-refractivity contribution in [1.82, 2.24) is 14.3 Å². The number of carbonyl (C=O) groups is 1. The van der Waals surface area contributed by atoms with Crippen LogP contribution in [0.3, 0.4) is 0 Å². The van der Waals surface area contributed by atoms with Crippen LogP contribution in [0.1, 0.15) is 43.3 Å². The molecule has 2 aromatic carbocycles. The first-order chi connectivity index (χ1) is 15.5. The lowest BCUT2D eigenvalue weighted by atomic mass is 10.1. The minimum Gasteiger partial charge on any atom is -0.335 e. The Kier molecular flexibility index (Phi) is 5.95. The summed E-state index contributed by atoms with van der Waals surface area (Å²) in [5.41, 5.74) is 4.11. The van der Waals surface area contributed by atoms with Crippen molar-refractivity contribution in [2.24, 2.45) is 0 Å². The number of nitrogens with one attached hydrogen (secondary N) is 1. The van der Waals surface area contributed by atoms with Gasteiger partial charge in [0.15, 0.2) is 0 Å². The molecule has 0 aliphatic carbocycles. The van der Waals surface area contributed by atoms with E-state index in [2.05, 4.69) is 17.3 Å². The Balaban J connectivity index is 1.80. The van der Waals surface area contributed by atoms with Crippen LogP contribution in [0.15, 0.2) is 65.6 Å². The molecule has 1 atom stereocenters. The van der Waals surface area contributed by atoms with Gasteiger partial charge in [0.1, 0.15) is 6.04 Å². The maximum absolute atomic E-state index is 13.4. The number of rotatable bonds is 6. The summed E-state index contributed by atoms with van der Waals surface area (Å²) in [6.07, 6.45) is 3.16. The first kappa shape index (κ1) is 21.6. The Morgan fingerprint density at radius 3 is 2.38 bits per heavy atom. The maximum Gasteiger partial charge on any atom is 0.281 e. The molecule has 32 heavy (non-hydrogen) atoms. The summed E-state index contributed by atoms with van der Waals surface area (Å²) in [5.74, 6) is -0.0868. The fourth-order valence-corrected chi connectivity index (χ4v) is 4.45. The maximum atomic E-state index is 13.4. The highest BCUT2D eigenvalue weighted by Crippen LogP contribution is 2.29. The number of aromatic nitrogens is 3. The van der Waals surface area contributed by atoms with Crippen molar-refractivity contribution in [1.29, 1.82) is 0 Å². The Morgan fingerprint density at radius 2 is 1.69 bits per heavy atom. The van der Waals surface area contributed by atoms with Crippen LogP contribution in [-0.2, 0) is 11.2 Å². The summed E-state index contributed by atoms with van der Waals surface area (Å²) in [5, 5.41) is 8.88. The van der Waals surface area contributed by atoms with Gasteiger partial charge in [-0.1, -0.05) is 50.2 Å². The van der Waals surface area contributed by atoms with E-state index in [4.69, 9.17) is 0 Å². The van der Waals surface area contributed by atoms with Crippen molar-refractivity contribution in [3.8, 4) is 5.69 Å². The number of benzene rings is 2. The van der Waals surface area contributed by atoms with Gasteiger partial charge in [0.25, 0.3) is 5.56 Å². The molecule has 0 radical (unpaired) electrons. The van der Waals surface area contributed by atoms with Crippen molar-refractivity contribution in [3.05, 3.63) is 88.1 Å². The lowest BCUT2D eigenvalue weighted by Gasteiger charge is -2.21. The number of fused-ring (bicyclic) bond motifs is 1. The first-order valence-electron chi connectivity index (χ1n) is 11.0. The van der Waals surface area contributed by atoms with Crippen molar-refractivity contribution < 1.29 is 4.79 Å². The number of hydrogen-bond acceptors (Lipinski definition) is 3. The Labute approximate surface area is 187 Å². The zero-order valence-corrected chi connectivity index (χ0v) is 18.9. The van der Waals surface area contributed by atoms with E-state index in [0.717, 1.165) is 34.4 Å². The second-order valence-corrected chi connectivity index (χ2v) is 7.95. The van der Waals surface area contributed by atoms with E-state index in [1.807, 2.05) is 79.9 Å². The predicted molar refractivity (Wildman–Crippen MR) is 129 cm³/mol. The molecule has 6 heteroatoms. The standard InChI is InChI=1S/C26H28N4O2/c1-5-19-12-10-11-15-22(19)28-25(31)23(6-2)29-17(3)21-16-27-30(20-13-8-7-9-14-20)26(32)24(21)18(29)4/h7-16,23H,5-6H2,1-4H3,(H,28,31)/t23-/m0/s1. The average Bonchev–Trinajstić information content (AvgIpc) is 3.06. The molecule has 6 nitrogen and oxygen atoms in total. The molecule has 2 heterocycles. The van der Waals surface area contributed by atoms with E-state index in [9.17, 15) is 9.59 Å². The summed E-state index contributed by atoms with van der Waals surface area (Å²) in [7, 11) is 0. The average molecular weight is 429 g/mol. The van der Waals surface area contributed by atoms with Crippen LogP contribution in [0.2, 0.25) is 0 Å². The molecule has 164 valence electrons. The summed E-state index contributed by atoms with van der Waals surface area (Å²) >= 11 is 0. The third-order valence-electron chi connectivity index (χ3n) is 6.11. The fraction of sp³-hybridized carbons (Fsp3) is 0.269. The van der Waals surface area contributed by atoms with Crippen LogP contribution in [0.4, 0.5) is 5.69 Å². The van der Waals surface area contributed by atoms with E-state index in [0.29, 0.717) is 17.5 Å². The van der Waals surface area contributed by atoms with Gasteiger partial charge in [0.05, 0.1) is 17.3 Å². The molecule has 0 bridgehead atoms. The number of nitrogens with zero attached hydrogens (tertiary/aromatic N) is 3. The molecule has 0 unspecified atom stereocenters. The highest BCUT2D eigenvalue weighted by Gasteiger charge is 2.26. The molecule has 0 fully saturated rings. The van der Waals surface area contributed by atoms with Gasteiger partial charge in [-0.2, -0.15) is 9.78 Å². The minimum atomic E-state index is -0.433. The molecule has 0 saturated heterocycles. The molecule has 0 saturated carbocycles. The third-order valence-corrected chi connectivity index (χ3v) is 6.11. The van der Waals surface area contributed by atoms with Crippen LogP contribution < -0.4 is 10.9 Å². The molecule has 2 aromatic heterocycles. The summed E-state index contributed by atoms with van der Waals surface area (Å²) in [6.45, 7) is 7.90. The predicted octanol–water partition coefficient (Wildman–Crippen LogP) is 4.96. The number of para-hydroxylation sites is 2. The summed E-state index contributed by atoms with van der Waals surface area (Å²) < 4.78 is 3.39. The minimum absolute atomic E-state index is 0.0868. The second-order valence-electron chi connectivity index (χ2n) is 7.95. The molecular weight excluding hydrogens is 400 g/mol. The van der Waals surface area contributed by atoms with Crippen molar-refractivity contribution in [2.75, 3.05) is 5.32 Å². The summed E-state index contributed by atoms with van der Waals surface area (Å²) in [4.78, 5) is 26.7. The van der Waals surface area contributed by atoms with Gasteiger partial charge in [0.2, 0.25) is 5.91 Å². The molecule has 0 aliphatic heterocycles.